The molecule has 1 aromatic carbocycles. The fourth-order valence-electron chi connectivity index (χ4n) is 1.49. The summed E-state index contributed by atoms with van der Waals surface area (Å²) in [5.41, 5.74) is 1.38. The van der Waals surface area contributed by atoms with Crippen molar-refractivity contribution in [3.63, 3.8) is 0 Å². The average molecular weight is 204 g/mol. The number of rotatable bonds is 1. The van der Waals surface area contributed by atoms with Gasteiger partial charge in [-0.2, -0.15) is 0 Å². The summed E-state index contributed by atoms with van der Waals surface area (Å²) < 4.78 is 10.7. The Morgan fingerprint density at radius 2 is 2.13 bits per heavy atom. The van der Waals surface area contributed by atoms with Gasteiger partial charge in [-0.1, -0.05) is 18.7 Å². The van der Waals surface area contributed by atoms with Crippen molar-refractivity contribution >= 4 is 5.97 Å². The minimum absolute atomic E-state index is 0.373. The van der Waals surface area contributed by atoms with Gasteiger partial charge in [-0.05, 0) is 24.6 Å². The number of cyclic esters (lactones) is 1. The molecule has 0 bridgehead atoms. The van der Waals surface area contributed by atoms with Crippen LogP contribution in [0.3, 0.4) is 0 Å². The van der Waals surface area contributed by atoms with Crippen molar-refractivity contribution in [2.45, 2.75) is 19.6 Å². The third-order valence-corrected chi connectivity index (χ3v) is 2.40. The molecule has 0 aliphatic carbocycles. The van der Waals surface area contributed by atoms with Gasteiger partial charge in [0.1, 0.15) is 11.3 Å². The number of hydrogen-bond acceptors (Lipinski definition) is 3. The zero-order valence-corrected chi connectivity index (χ0v) is 8.74. The molecule has 1 heterocycles. The van der Waals surface area contributed by atoms with Crippen LogP contribution in [0.4, 0.5) is 0 Å². The number of carbonyl (C=O) groups excluding carboxylic acids is 1. The lowest BCUT2D eigenvalue weighted by atomic mass is 10.1. The zero-order valence-electron chi connectivity index (χ0n) is 8.74. The number of carbonyl (C=O) groups is 1. The molecule has 0 fully saturated rings. The molecule has 1 aromatic rings. The zero-order chi connectivity index (χ0) is 11.1. The van der Waals surface area contributed by atoms with Crippen LogP contribution in [-0.2, 0) is 4.74 Å². The van der Waals surface area contributed by atoms with Crippen LogP contribution in [0.5, 0.6) is 5.75 Å². The van der Waals surface area contributed by atoms with Gasteiger partial charge >= 0.3 is 5.97 Å². The highest BCUT2D eigenvalue weighted by Crippen LogP contribution is 2.34. The van der Waals surface area contributed by atoms with Gasteiger partial charge in [-0.3, -0.25) is 0 Å². The summed E-state index contributed by atoms with van der Waals surface area (Å²) in [6.45, 7) is 7.14. The number of benzene rings is 1. The van der Waals surface area contributed by atoms with Crippen LogP contribution in [-0.4, -0.2) is 11.8 Å². The minimum atomic E-state index is -1.06. The minimum Gasteiger partial charge on any atom is -0.448 e. The van der Waals surface area contributed by atoms with E-state index in [0.717, 1.165) is 5.56 Å². The van der Waals surface area contributed by atoms with Crippen molar-refractivity contribution in [3.8, 4) is 5.75 Å². The molecule has 3 nitrogen and oxygen atoms in total. The highest BCUT2D eigenvalue weighted by atomic mass is 16.7. The average Bonchev–Trinajstić information content (AvgIpc) is 2.20. The molecule has 3 heteroatoms. The molecule has 0 amide bonds. The van der Waals surface area contributed by atoms with E-state index < -0.39 is 5.79 Å². The van der Waals surface area contributed by atoms with Crippen LogP contribution >= 0.6 is 0 Å². The molecule has 78 valence electrons. The first-order chi connectivity index (χ1) is 7.06. The molecule has 2 rings (SSSR count). The van der Waals surface area contributed by atoms with Crippen molar-refractivity contribution < 1.29 is 14.3 Å². The maximum absolute atomic E-state index is 11.7. The summed E-state index contributed by atoms with van der Waals surface area (Å²) in [5.74, 6) is -0.852. The van der Waals surface area contributed by atoms with Gasteiger partial charge in [0.15, 0.2) is 0 Å². The summed E-state index contributed by atoms with van der Waals surface area (Å²) >= 11 is 0. The Kier molecular flexibility index (Phi) is 2.03. The number of para-hydroxylation sites is 1. The molecule has 0 N–H and O–H groups in total. The van der Waals surface area contributed by atoms with E-state index >= 15 is 0 Å². The van der Waals surface area contributed by atoms with E-state index in [9.17, 15) is 4.79 Å². The monoisotopic (exact) mass is 204 g/mol. The summed E-state index contributed by atoms with van der Waals surface area (Å²) in [6, 6.07) is 5.38. The van der Waals surface area contributed by atoms with Gasteiger partial charge in [0.2, 0.25) is 0 Å². The topological polar surface area (TPSA) is 35.5 Å². The summed E-state index contributed by atoms with van der Waals surface area (Å²) in [6.07, 6.45) is 1.47. The third-order valence-electron chi connectivity index (χ3n) is 2.40. The molecule has 0 aromatic heterocycles. The second-order valence-electron chi connectivity index (χ2n) is 3.66. The Bertz CT molecular complexity index is 436. The Hall–Kier alpha value is -1.77. The fraction of sp³-hybridized carbons (Fsp3) is 0.250. The van der Waals surface area contributed by atoms with Crippen LogP contribution in [0.2, 0.25) is 0 Å². The lowest BCUT2D eigenvalue weighted by Gasteiger charge is -2.32. The van der Waals surface area contributed by atoms with E-state index in [1.807, 2.05) is 13.0 Å². The number of fused-ring (bicyclic) bond motifs is 1. The highest BCUT2D eigenvalue weighted by Gasteiger charge is 2.36. The van der Waals surface area contributed by atoms with Gasteiger partial charge in [-0.15, -0.1) is 0 Å². The van der Waals surface area contributed by atoms with E-state index in [2.05, 4.69) is 6.58 Å². The van der Waals surface area contributed by atoms with Crippen molar-refractivity contribution in [2.75, 3.05) is 0 Å². The Balaban J connectivity index is 2.55. The van der Waals surface area contributed by atoms with Crippen molar-refractivity contribution in [2.24, 2.45) is 0 Å². The summed E-state index contributed by atoms with van der Waals surface area (Å²) in [5, 5.41) is 0. The predicted molar refractivity (Wildman–Crippen MR) is 55.8 cm³/mol. The molecule has 1 aliphatic rings. The van der Waals surface area contributed by atoms with Crippen LogP contribution in [0, 0.1) is 6.92 Å². The Morgan fingerprint density at radius 1 is 1.40 bits per heavy atom. The van der Waals surface area contributed by atoms with Crippen LogP contribution in [0.25, 0.3) is 0 Å². The molecular formula is C12H12O3. The van der Waals surface area contributed by atoms with Gasteiger partial charge in [0, 0.05) is 6.92 Å². The van der Waals surface area contributed by atoms with E-state index in [1.54, 1.807) is 19.1 Å². The normalized spacial score (nSPS) is 23.7. The number of ether oxygens (including phenoxy) is 2. The SMILES string of the molecule is C=CC1(C)OC(=O)c2cccc(C)c2O1. The molecule has 0 saturated carbocycles. The van der Waals surface area contributed by atoms with E-state index in [-0.39, 0.29) is 5.97 Å². The molecule has 1 atom stereocenters. The molecule has 0 spiro atoms. The number of aryl methyl sites for hydroxylation is 1. The van der Waals surface area contributed by atoms with E-state index in [0.29, 0.717) is 11.3 Å². The van der Waals surface area contributed by atoms with E-state index in [4.69, 9.17) is 9.47 Å². The standard InChI is InChI=1S/C12H12O3/c1-4-12(3)14-10-8(2)6-5-7-9(10)11(13)15-12/h4-7H,1H2,2-3H3. The maximum Gasteiger partial charge on any atom is 0.345 e. The third kappa shape index (κ3) is 1.50. The van der Waals surface area contributed by atoms with E-state index in [1.165, 1.54) is 6.08 Å². The van der Waals surface area contributed by atoms with Crippen LogP contribution < -0.4 is 4.74 Å². The second kappa shape index (κ2) is 3.12. The lowest BCUT2D eigenvalue weighted by Crippen LogP contribution is -2.40. The number of hydrogen-bond donors (Lipinski definition) is 0. The van der Waals surface area contributed by atoms with Gasteiger partial charge in [-0.25, -0.2) is 4.79 Å². The number of esters is 1. The molecule has 1 unspecified atom stereocenters. The molecular weight excluding hydrogens is 192 g/mol. The van der Waals surface area contributed by atoms with Gasteiger partial charge in [0.25, 0.3) is 5.79 Å². The first-order valence-electron chi connectivity index (χ1n) is 4.71. The van der Waals surface area contributed by atoms with Gasteiger partial charge < -0.3 is 9.47 Å². The largest absolute Gasteiger partial charge is 0.448 e. The smallest absolute Gasteiger partial charge is 0.345 e. The predicted octanol–water partition coefficient (Wildman–Crippen LogP) is 2.45. The molecule has 0 saturated heterocycles. The first kappa shape index (κ1) is 9.77. The summed E-state index contributed by atoms with van der Waals surface area (Å²) in [4.78, 5) is 11.7. The second-order valence-corrected chi connectivity index (χ2v) is 3.66. The quantitative estimate of drug-likeness (QED) is 0.520. The Labute approximate surface area is 88.3 Å². The Morgan fingerprint density at radius 3 is 2.80 bits per heavy atom. The van der Waals surface area contributed by atoms with Crippen LogP contribution in [0.1, 0.15) is 22.8 Å². The first-order valence-corrected chi connectivity index (χ1v) is 4.71. The fourth-order valence-corrected chi connectivity index (χ4v) is 1.49. The van der Waals surface area contributed by atoms with Crippen LogP contribution in [0.15, 0.2) is 30.9 Å². The molecule has 0 radical (unpaired) electrons. The van der Waals surface area contributed by atoms with Crippen molar-refractivity contribution in [3.05, 3.63) is 42.0 Å². The molecule has 1 aliphatic heterocycles. The van der Waals surface area contributed by atoms with Crippen molar-refractivity contribution in [1.29, 1.82) is 0 Å². The van der Waals surface area contributed by atoms with Gasteiger partial charge in [0.05, 0.1) is 0 Å². The lowest BCUT2D eigenvalue weighted by molar-refractivity contribution is -0.106. The van der Waals surface area contributed by atoms with Crippen molar-refractivity contribution in [1.82, 2.24) is 0 Å². The maximum atomic E-state index is 11.7. The molecule has 15 heavy (non-hydrogen) atoms. The highest BCUT2D eigenvalue weighted by molar-refractivity contribution is 5.94. The summed E-state index contributed by atoms with van der Waals surface area (Å²) in [7, 11) is 0.